The van der Waals surface area contributed by atoms with Gasteiger partial charge in [0.25, 0.3) is 0 Å². The highest BCUT2D eigenvalue weighted by molar-refractivity contribution is 4.92. The van der Waals surface area contributed by atoms with Crippen molar-refractivity contribution in [3.05, 3.63) is 0 Å². The van der Waals surface area contributed by atoms with Crippen molar-refractivity contribution in [2.45, 2.75) is 51.1 Å². The molecule has 0 aliphatic carbocycles. The highest BCUT2D eigenvalue weighted by Crippen LogP contribution is 2.28. The number of hydrogen-bond acceptors (Lipinski definition) is 3. The van der Waals surface area contributed by atoms with Crippen molar-refractivity contribution in [3.8, 4) is 0 Å². The number of nitrogens with one attached hydrogen (secondary N) is 1. The number of rotatable bonds is 3. The Labute approximate surface area is 99.5 Å². The first-order valence-electron chi connectivity index (χ1n) is 6.81. The van der Waals surface area contributed by atoms with Gasteiger partial charge in [0.2, 0.25) is 0 Å². The van der Waals surface area contributed by atoms with Gasteiger partial charge in [0.05, 0.1) is 6.61 Å². The van der Waals surface area contributed by atoms with Crippen LogP contribution in [0.1, 0.15) is 39.5 Å². The molecule has 2 unspecified atom stereocenters. The molecule has 2 heterocycles. The molecule has 0 aromatic rings. The van der Waals surface area contributed by atoms with Gasteiger partial charge in [-0.25, -0.2) is 0 Å². The van der Waals surface area contributed by atoms with Crippen LogP contribution in [0.4, 0.5) is 0 Å². The van der Waals surface area contributed by atoms with Gasteiger partial charge in [0.15, 0.2) is 0 Å². The molecule has 2 aliphatic heterocycles. The van der Waals surface area contributed by atoms with E-state index in [1.54, 1.807) is 0 Å². The van der Waals surface area contributed by atoms with E-state index in [-0.39, 0.29) is 0 Å². The lowest BCUT2D eigenvalue weighted by molar-refractivity contribution is -0.0509. The molecule has 1 N–H and O–H groups in total. The second kappa shape index (κ2) is 5.48. The number of ether oxygens (including phenoxy) is 1. The van der Waals surface area contributed by atoms with Crippen molar-refractivity contribution in [3.63, 3.8) is 0 Å². The van der Waals surface area contributed by atoms with Gasteiger partial charge >= 0.3 is 0 Å². The molecule has 94 valence electrons. The SMILES string of the molecule is CCNC1CCCN(C2(C)CCCOC2)C1. The van der Waals surface area contributed by atoms with Crippen LogP contribution in [0.3, 0.4) is 0 Å². The molecular weight excluding hydrogens is 200 g/mol. The first-order valence-corrected chi connectivity index (χ1v) is 6.81. The zero-order valence-corrected chi connectivity index (χ0v) is 10.8. The number of piperidine rings is 1. The molecule has 0 bridgehead atoms. The molecule has 2 atom stereocenters. The third-order valence-corrected chi connectivity index (χ3v) is 4.09. The van der Waals surface area contributed by atoms with Crippen LogP contribution in [0.5, 0.6) is 0 Å². The summed E-state index contributed by atoms with van der Waals surface area (Å²) < 4.78 is 5.67. The fourth-order valence-electron chi connectivity index (χ4n) is 3.09. The van der Waals surface area contributed by atoms with Crippen molar-refractivity contribution >= 4 is 0 Å². The van der Waals surface area contributed by atoms with Gasteiger partial charge < -0.3 is 10.1 Å². The van der Waals surface area contributed by atoms with E-state index in [1.165, 1.54) is 38.8 Å². The van der Waals surface area contributed by atoms with Gasteiger partial charge in [0, 0.05) is 24.7 Å². The molecule has 3 nitrogen and oxygen atoms in total. The van der Waals surface area contributed by atoms with Crippen LogP contribution < -0.4 is 5.32 Å². The maximum atomic E-state index is 5.67. The highest BCUT2D eigenvalue weighted by atomic mass is 16.5. The fraction of sp³-hybridized carbons (Fsp3) is 1.00. The Bertz CT molecular complexity index is 212. The van der Waals surface area contributed by atoms with Crippen molar-refractivity contribution in [2.75, 3.05) is 32.8 Å². The van der Waals surface area contributed by atoms with E-state index in [0.29, 0.717) is 11.6 Å². The maximum absolute atomic E-state index is 5.67. The van der Waals surface area contributed by atoms with E-state index < -0.39 is 0 Å². The minimum atomic E-state index is 0.298. The predicted octanol–water partition coefficient (Wildman–Crippen LogP) is 1.63. The highest BCUT2D eigenvalue weighted by Gasteiger charge is 2.36. The molecule has 0 saturated carbocycles. The third kappa shape index (κ3) is 2.76. The van der Waals surface area contributed by atoms with E-state index in [0.717, 1.165) is 19.8 Å². The Kier molecular flexibility index (Phi) is 4.22. The van der Waals surface area contributed by atoms with Gasteiger partial charge in [-0.2, -0.15) is 0 Å². The van der Waals surface area contributed by atoms with E-state index >= 15 is 0 Å². The van der Waals surface area contributed by atoms with Crippen molar-refractivity contribution in [1.29, 1.82) is 0 Å². The summed E-state index contributed by atoms with van der Waals surface area (Å²) in [6, 6.07) is 0.692. The number of hydrogen-bond donors (Lipinski definition) is 1. The summed E-state index contributed by atoms with van der Waals surface area (Å²) in [5, 5.41) is 3.59. The van der Waals surface area contributed by atoms with Crippen molar-refractivity contribution in [1.82, 2.24) is 10.2 Å². The number of nitrogens with zero attached hydrogens (tertiary/aromatic N) is 1. The van der Waals surface area contributed by atoms with E-state index in [1.807, 2.05) is 0 Å². The molecule has 3 heteroatoms. The summed E-state index contributed by atoms with van der Waals surface area (Å²) in [5.41, 5.74) is 0.298. The normalized spacial score (nSPS) is 37.5. The van der Waals surface area contributed by atoms with Crippen molar-refractivity contribution < 1.29 is 4.74 Å². The topological polar surface area (TPSA) is 24.5 Å². The van der Waals surface area contributed by atoms with Gasteiger partial charge in [0.1, 0.15) is 0 Å². The second-order valence-electron chi connectivity index (χ2n) is 5.50. The fourth-order valence-corrected chi connectivity index (χ4v) is 3.09. The Balaban J connectivity index is 1.92. The second-order valence-corrected chi connectivity index (χ2v) is 5.50. The van der Waals surface area contributed by atoms with E-state index in [9.17, 15) is 0 Å². The van der Waals surface area contributed by atoms with Crippen LogP contribution in [0.25, 0.3) is 0 Å². The van der Waals surface area contributed by atoms with Gasteiger partial charge in [-0.05, 0) is 45.7 Å². The Morgan fingerprint density at radius 1 is 1.44 bits per heavy atom. The Hall–Kier alpha value is -0.120. The van der Waals surface area contributed by atoms with Gasteiger partial charge in [-0.3, -0.25) is 4.90 Å². The zero-order valence-electron chi connectivity index (χ0n) is 10.8. The van der Waals surface area contributed by atoms with E-state index in [2.05, 4.69) is 24.1 Å². The van der Waals surface area contributed by atoms with E-state index in [4.69, 9.17) is 4.74 Å². The first kappa shape index (κ1) is 12.3. The standard InChI is InChI=1S/C13H26N2O/c1-3-14-12-6-4-8-15(10-12)13(2)7-5-9-16-11-13/h12,14H,3-11H2,1-2H3. The predicted molar refractivity (Wildman–Crippen MR) is 66.7 cm³/mol. The maximum Gasteiger partial charge on any atom is 0.0647 e. The Morgan fingerprint density at radius 3 is 3.00 bits per heavy atom. The van der Waals surface area contributed by atoms with Crippen molar-refractivity contribution in [2.24, 2.45) is 0 Å². The zero-order chi connectivity index (χ0) is 11.4. The quantitative estimate of drug-likeness (QED) is 0.791. The number of likely N-dealkylation sites (tertiary alicyclic amines) is 1. The average molecular weight is 226 g/mol. The Morgan fingerprint density at radius 2 is 2.31 bits per heavy atom. The van der Waals surface area contributed by atoms with Crippen LogP contribution in [0.2, 0.25) is 0 Å². The lowest BCUT2D eigenvalue weighted by atomic mass is 9.89. The van der Waals surface area contributed by atoms with Crippen LogP contribution in [0.15, 0.2) is 0 Å². The lowest BCUT2D eigenvalue weighted by Gasteiger charge is -2.47. The van der Waals surface area contributed by atoms with Crippen LogP contribution in [0, 0.1) is 0 Å². The van der Waals surface area contributed by atoms with Crippen LogP contribution in [-0.2, 0) is 4.74 Å². The minimum Gasteiger partial charge on any atom is -0.380 e. The van der Waals surface area contributed by atoms with Crippen LogP contribution >= 0.6 is 0 Å². The molecule has 16 heavy (non-hydrogen) atoms. The average Bonchev–Trinajstić information content (AvgIpc) is 2.31. The molecule has 2 rings (SSSR count). The number of likely N-dealkylation sites (N-methyl/N-ethyl adjacent to an activating group) is 1. The molecule has 0 aromatic carbocycles. The summed E-state index contributed by atoms with van der Waals surface area (Å²) in [6.07, 6.45) is 5.18. The summed E-state index contributed by atoms with van der Waals surface area (Å²) in [7, 11) is 0. The molecule has 0 aromatic heterocycles. The molecule has 0 amide bonds. The monoisotopic (exact) mass is 226 g/mol. The third-order valence-electron chi connectivity index (χ3n) is 4.09. The summed E-state index contributed by atoms with van der Waals surface area (Å²) >= 11 is 0. The lowest BCUT2D eigenvalue weighted by Crippen LogP contribution is -2.58. The molecule has 0 spiro atoms. The summed E-state index contributed by atoms with van der Waals surface area (Å²) in [6.45, 7) is 10.00. The molecule has 2 saturated heterocycles. The molecular formula is C13H26N2O. The smallest absolute Gasteiger partial charge is 0.0647 e. The summed E-state index contributed by atoms with van der Waals surface area (Å²) in [4.78, 5) is 2.66. The molecule has 2 aliphatic rings. The minimum absolute atomic E-state index is 0.298. The van der Waals surface area contributed by atoms with Crippen LogP contribution in [-0.4, -0.2) is 49.3 Å². The first-order chi connectivity index (χ1) is 7.74. The largest absolute Gasteiger partial charge is 0.380 e. The summed E-state index contributed by atoms with van der Waals surface area (Å²) in [5.74, 6) is 0. The molecule has 0 radical (unpaired) electrons. The van der Waals surface area contributed by atoms with Gasteiger partial charge in [-0.15, -0.1) is 0 Å². The molecule has 2 fully saturated rings. The van der Waals surface area contributed by atoms with Gasteiger partial charge in [-0.1, -0.05) is 6.92 Å².